The quantitative estimate of drug-likeness (QED) is 0.724. The second-order valence-electron chi connectivity index (χ2n) is 5.91. The van der Waals surface area contributed by atoms with E-state index in [1.807, 2.05) is 50.4 Å². The van der Waals surface area contributed by atoms with E-state index in [-0.39, 0.29) is 12.5 Å². The van der Waals surface area contributed by atoms with Gasteiger partial charge in [-0.15, -0.1) is 11.3 Å². The zero-order chi connectivity index (χ0) is 17.8. The van der Waals surface area contributed by atoms with Crippen molar-refractivity contribution in [3.05, 3.63) is 57.6 Å². The van der Waals surface area contributed by atoms with Gasteiger partial charge in [0, 0.05) is 5.38 Å². The van der Waals surface area contributed by atoms with Gasteiger partial charge >= 0.3 is 0 Å². The molecule has 3 aromatic rings. The van der Waals surface area contributed by atoms with E-state index >= 15 is 0 Å². The number of thiazole rings is 1. The second-order valence-corrected chi connectivity index (χ2v) is 6.97. The number of amides is 1. The predicted molar refractivity (Wildman–Crippen MR) is 97.8 cm³/mol. The first-order valence-electron chi connectivity index (χ1n) is 7.98. The maximum Gasteiger partial charge on any atom is 0.258 e. The number of carbonyl (C=O) groups excluding carboxylic acids is 1. The van der Waals surface area contributed by atoms with E-state index < -0.39 is 0 Å². The van der Waals surface area contributed by atoms with Crippen molar-refractivity contribution >= 4 is 17.2 Å². The molecule has 1 aromatic carbocycles. The van der Waals surface area contributed by atoms with Gasteiger partial charge in [0.25, 0.3) is 5.91 Å². The van der Waals surface area contributed by atoms with Crippen LogP contribution in [0.25, 0.3) is 11.5 Å². The Morgan fingerprint density at radius 1 is 1.20 bits per heavy atom. The third-order valence-corrected chi connectivity index (χ3v) is 4.33. The summed E-state index contributed by atoms with van der Waals surface area (Å²) in [5.74, 6) is 1.90. The zero-order valence-corrected chi connectivity index (χ0v) is 15.3. The van der Waals surface area contributed by atoms with E-state index in [0.717, 1.165) is 21.8 Å². The average Bonchev–Trinajstić information content (AvgIpc) is 3.19. The number of ether oxygens (including phenoxy) is 1. The summed E-state index contributed by atoms with van der Waals surface area (Å²) in [5.41, 5.74) is 3.03. The number of hydrogen-bond acceptors (Lipinski definition) is 5. The predicted octanol–water partition coefficient (Wildman–Crippen LogP) is 4.02. The van der Waals surface area contributed by atoms with Crippen LogP contribution in [0.4, 0.5) is 0 Å². The molecule has 2 heterocycles. The summed E-state index contributed by atoms with van der Waals surface area (Å²) in [6.45, 7) is 6.24. The Kier molecular flexibility index (Phi) is 5.19. The molecule has 2 aromatic heterocycles. The number of benzene rings is 1. The van der Waals surface area contributed by atoms with Crippen molar-refractivity contribution in [1.82, 2.24) is 10.3 Å². The number of hydrogen-bond donors (Lipinski definition) is 1. The minimum Gasteiger partial charge on any atom is -0.484 e. The van der Waals surface area contributed by atoms with E-state index in [9.17, 15) is 4.79 Å². The highest BCUT2D eigenvalue weighted by Crippen LogP contribution is 2.23. The molecule has 0 saturated heterocycles. The highest BCUT2D eigenvalue weighted by atomic mass is 32.1. The maximum absolute atomic E-state index is 12.0. The maximum atomic E-state index is 12.0. The van der Waals surface area contributed by atoms with Gasteiger partial charge < -0.3 is 14.5 Å². The van der Waals surface area contributed by atoms with Crippen LogP contribution in [0.2, 0.25) is 0 Å². The van der Waals surface area contributed by atoms with Crippen molar-refractivity contribution in [1.29, 1.82) is 0 Å². The fourth-order valence-electron chi connectivity index (χ4n) is 2.49. The SMILES string of the molecule is Cc1cc(C)cc(OCC(=O)NCc2ccc(-c3csc(C)n3)o2)c1. The largest absolute Gasteiger partial charge is 0.484 e. The first-order chi connectivity index (χ1) is 12.0. The van der Waals surface area contributed by atoms with Crippen molar-refractivity contribution in [2.45, 2.75) is 27.3 Å². The number of nitrogens with one attached hydrogen (secondary N) is 1. The summed E-state index contributed by atoms with van der Waals surface area (Å²) < 4.78 is 11.3. The van der Waals surface area contributed by atoms with Crippen molar-refractivity contribution in [2.75, 3.05) is 6.61 Å². The standard InChI is InChI=1S/C19H20N2O3S/c1-12-6-13(2)8-16(7-12)23-10-19(22)20-9-15-4-5-18(24-15)17-11-25-14(3)21-17/h4-8,11H,9-10H2,1-3H3,(H,20,22). The van der Waals surface area contributed by atoms with Gasteiger partial charge in [0.05, 0.1) is 11.6 Å². The van der Waals surface area contributed by atoms with Crippen molar-refractivity contribution < 1.29 is 13.9 Å². The van der Waals surface area contributed by atoms with Crippen LogP contribution >= 0.6 is 11.3 Å². The van der Waals surface area contributed by atoms with Crippen LogP contribution in [0.5, 0.6) is 5.75 Å². The lowest BCUT2D eigenvalue weighted by atomic mass is 10.1. The van der Waals surface area contributed by atoms with E-state index in [0.29, 0.717) is 23.8 Å². The lowest BCUT2D eigenvalue weighted by Crippen LogP contribution is -2.28. The molecule has 0 spiro atoms. The first kappa shape index (κ1) is 17.2. The Morgan fingerprint density at radius 2 is 1.96 bits per heavy atom. The summed E-state index contributed by atoms with van der Waals surface area (Å²) in [7, 11) is 0. The van der Waals surface area contributed by atoms with Gasteiger partial charge in [-0.1, -0.05) is 6.07 Å². The molecule has 130 valence electrons. The Balaban J connectivity index is 1.50. The summed E-state index contributed by atoms with van der Waals surface area (Å²) in [6.07, 6.45) is 0. The van der Waals surface area contributed by atoms with Gasteiger partial charge in [-0.05, 0) is 56.2 Å². The van der Waals surface area contributed by atoms with Gasteiger partial charge in [0.15, 0.2) is 12.4 Å². The van der Waals surface area contributed by atoms with Crippen molar-refractivity contribution in [3.63, 3.8) is 0 Å². The molecule has 0 saturated carbocycles. The molecule has 6 heteroatoms. The highest BCUT2D eigenvalue weighted by molar-refractivity contribution is 7.09. The number of aryl methyl sites for hydroxylation is 3. The summed E-state index contributed by atoms with van der Waals surface area (Å²) in [4.78, 5) is 16.3. The minimum absolute atomic E-state index is 0.0261. The van der Waals surface area contributed by atoms with Crippen molar-refractivity contribution in [3.8, 4) is 17.2 Å². The number of carbonyl (C=O) groups is 1. The van der Waals surface area contributed by atoms with E-state index in [4.69, 9.17) is 9.15 Å². The zero-order valence-electron chi connectivity index (χ0n) is 14.5. The molecule has 1 N–H and O–H groups in total. The Hall–Kier alpha value is -2.60. The Labute approximate surface area is 150 Å². The second kappa shape index (κ2) is 7.53. The van der Waals surface area contributed by atoms with Crippen molar-refractivity contribution in [2.24, 2.45) is 0 Å². The topological polar surface area (TPSA) is 64.4 Å². The molecule has 3 rings (SSSR count). The molecule has 0 aliphatic heterocycles. The summed E-state index contributed by atoms with van der Waals surface area (Å²) in [5, 5.41) is 5.74. The normalized spacial score (nSPS) is 10.7. The molecule has 25 heavy (non-hydrogen) atoms. The highest BCUT2D eigenvalue weighted by Gasteiger charge is 2.09. The third-order valence-electron chi connectivity index (χ3n) is 3.56. The van der Waals surface area contributed by atoms with E-state index in [2.05, 4.69) is 16.4 Å². The van der Waals surface area contributed by atoms with Crippen LogP contribution in [0.1, 0.15) is 21.9 Å². The van der Waals surface area contributed by atoms with Gasteiger partial charge in [-0.2, -0.15) is 0 Å². The third kappa shape index (κ3) is 4.70. The van der Waals surface area contributed by atoms with E-state index in [1.165, 1.54) is 0 Å². The van der Waals surface area contributed by atoms with E-state index in [1.54, 1.807) is 11.3 Å². The monoisotopic (exact) mass is 356 g/mol. The van der Waals surface area contributed by atoms with Gasteiger partial charge in [-0.25, -0.2) is 4.98 Å². The van der Waals surface area contributed by atoms with Crippen LogP contribution in [0.15, 0.2) is 40.1 Å². The molecular weight excluding hydrogens is 336 g/mol. The molecule has 0 fully saturated rings. The Bertz CT molecular complexity index is 862. The number of nitrogens with zero attached hydrogens (tertiary/aromatic N) is 1. The molecule has 1 amide bonds. The average molecular weight is 356 g/mol. The van der Waals surface area contributed by atoms with Crippen LogP contribution in [-0.4, -0.2) is 17.5 Å². The van der Waals surface area contributed by atoms with Crippen LogP contribution in [-0.2, 0) is 11.3 Å². The molecule has 0 atom stereocenters. The first-order valence-corrected chi connectivity index (χ1v) is 8.86. The van der Waals surface area contributed by atoms with Gasteiger partial charge in [0.1, 0.15) is 17.2 Å². The molecule has 0 radical (unpaired) electrons. The molecule has 0 aliphatic rings. The molecule has 5 nitrogen and oxygen atoms in total. The lowest BCUT2D eigenvalue weighted by molar-refractivity contribution is -0.123. The summed E-state index contributed by atoms with van der Waals surface area (Å²) in [6, 6.07) is 9.59. The minimum atomic E-state index is -0.193. The van der Waals surface area contributed by atoms with Crippen LogP contribution in [0.3, 0.4) is 0 Å². The number of rotatable bonds is 6. The molecular formula is C19H20N2O3S. The number of furan rings is 1. The molecule has 0 aliphatic carbocycles. The lowest BCUT2D eigenvalue weighted by Gasteiger charge is -2.08. The van der Waals surface area contributed by atoms with Gasteiger partial charge in [0.2, 0.25) is 0 Å². The number of aromatic nitrogens is 1. The fourth-order valence-corrected chi connectivity index (χ4v) is 3.09. The van der Waals surface area contributed by atoms with Crippen LogP contribution < -0.4 is 10.1 Å². The van der Waals surface area contributed by atoms with Gasteiger partial charge in [-0.3, -0.25) is 4.79 Å². The Morgan fingerprint density at radius 3 is 2.64 bits per heavy atom. The van der Waals surface area contributed by atoms with Crippen LogP contribution in [0, 0.1) is 20.8 Å². The summed E-state index contributed by atoms with van der Waals surface area (Å²) >= 11 is 1.58. The molecule has 0 unspecified atom stereocenters. The fraction of sp³-hybridized carbons (Fsp3) is 0.263. The molecule has 0 bridgehead atoms. The smallest absolute Gasteiger partial charge is 0.258 e.